The van der Waals surface area contributed by atoms with E-state index in [1.807, 2.05) is 13.8 Å². The summed E-state index contributed by atoms with van der Waals surface area (Å²) in [5.74, 6) is -0.999. The molecule has 8 heteroatoms. The summed E-state index contributed by atoms with van der Waals surface area (Å²) in [6.45, 7) is 3.82. The number of para-hydroxylation sites is 1. The van der Waals surface area contributed by atoms with Gasteiger partial charge in [-0.3, -0.25) is 9.59 Å². The molecule has 1 aliphatic heterocycles. The van der Waals surface area contributed by atoms with Crippen LogP contribution in [0.1, 0.15) is 31.9 Å². The van der Waals surface area contributed by atoms with Gasteiger partial charge in [-0.25, -0.2) is 4.39 Å². The van der Waals surface area contributed by atoms with E-state index in [1.54, 1.807) is 12.1 Å². The Balaban J connectivity index is 0.00000288. The minimum absolute atomic E-state index is 0. The average molecular weight is 360 g/mol. The van der Waals surface area contributed by atoms with Gasteiger partial charge < -0.3 is 21.1 Å². The molecule has 1 aromatic rings. The number of carbonyl (C=O) groups is 2. The summed E-state index contributed by atoms with van der Waals surface area (Å²) in [6, 6.07) is 3.62. The average Bonchev–Trinajstić information content (AvgIpc) is 2.52. The van der Waals surface area contributed by atoms with Crippen LogP contribution in [0.15, 0.2) is 18.2 Å². The minimum atomic E-state index is -0.652. The van der Waals surface area contributed by atoms with Crippen LogP contribution in [0, 0.1) is 11.7 Å². The number of carbonyl (C=O) groups excluding carboxylic acids is 2. The highest BCUT2D eigenvalue weighted by Crippen LogP contribution is 2.33. The Morgan fingerprint density at radius 1 is 1.42 bits per heavy atom. The number of ether oxygens (including phenoxy) is 1. The van der Waals surface area contributed by atoms with E-state index in [4.69, 9.17) is 10.5 Å². The third-order valence-corrected chi connectivity index (χ3v) is 3.81. The first kappa shape index (κ1) is 20.2. The smallest absolute Gasteiger partial charge is 0.239 e. The molecular weight excluding hydrogens is 337 g/mol. The normalized spacial score (nSPS) is 17.1. The second kappa shape index (κ2) is 8.84. The van der Waals surface area contributed by atoms with E-state index in [2.05, 4.69) is 10.6 Å². The third kappa shape index (κ3) is 4.82. The lowest BCUT2D eigenvalue weighted by molar-refractivity contribution is -0.127. The maximum absolute atomic E-state index is 13.7. The van der Waals surface area contributed by atoms with Gasteiger partial charge in [0.15, 0.2) is 11.6 Å². The molecule has 1 heterocycles. The van der Waals surface area contributed by atoms with Crippen molar-refractivity contribution in [3.63, 3.8) is 0 Å². The maximum Gasteiger partial charge on any atom is 0.239 e. The van der Waals surface area contributed by atoms with Crippen LogP contribution in [0.4, 0.5) is 4.39 Å². The molecule has 0 aromatic heterocycles. The summed E-state index contributed by atoms with van der Waals surface area (Å²) in [5.41, 5.74) is 6.31. The molecule has 0 bridgehead atoms. The Labute approximate surface area is 146 Å². The van der Waals surface area contributed by atoms with Crippen LogP contribution in [0.25, 0.3) is 0 Å². The van der Waals surface area contributed by atoms with E-state index in [-0.39, 0.29) is 48.5 Å². The number of nitrogens with one attached hydrogen (secondary N) is 2. The molecule has 4 N–H and O–H groups in total. The molecule has 24 heavy (non-hydrogen) atoms. The van der Waals surface area contributed by atoms with Crippen LogP contribution in [0.5, 0.6) is 5.75 Å². The van der Waals surface area contributed by atoms with Crippen LogP contribution in [-0.2, 0) is 9.59 Å². The third-order valence-electron chi connectivity index (χ3n) is 3.81. The molecule has 0 saturated carbocycles. The molecule has 0 spiro atoms. The lowest BCUT2D eigenvalue weighted by atomic mass is 10.0. The maximum atomic E-state index is 13.7. The van der Waals surface area contributed by atoms with Crippen molar-refractivity contribution in [2.75, 3.05) is 13.2 Å². The van der Waals surface area contributed by atoms with Gasteiger partial charge >= 0.3 is 0 Å². The first-order valence-corrected chi connectivity index (χ1v) is 7.64. The molecular formula is C16H23ClFN3O3. The van der Waals surface area contributed by atoms with E-state index in [9.17, 15) is 14.0 Å². The van der Waals surface area contributed by atoms with Gasteiger partial charge in [-0.2, -0.15) is 0 Å². The molecule has 0 unspecified atom stereocenters. The molecule has 0 aliphatic carbocycles. The van der Waals surface area contributed by atoms with Gasteiger partial charge in [0.05, 0.1) is 25.2 Å². The SMILES string of the molecule is CC(C)[C@H](N)C(=O)NCC(=O)N[C@@H]1CCOc2c(F)cccc21.Cl. The Bertz CT molecular complexity index is 598. The molecule has 134 valence electrons. The van der Waals surface area contributed by atoms with Crippen LogP contribution >= 0.6 is 12.4 Å². The van der Waals surface area contributed by atoms with Gasteiger partial charge in [-0.05, 0) is 12.0 Å². The molecule has 2 rings (SSSR count). The summed E-state index contributed by atoms with van der Waals surface area (Å²) < 4.78 is 19.0. The number of rotatable bonds is 5. The van der Waals surface area contributed by atoms with Crippen molar-refractivity contribution in [3.8, 4) is 5.75 Å². The van der Waals surface area contributed by atoms with Gasteiger partial charge in [-0.15, -0.1) is 12.4 Å². The summed E-state index contributed by atoms with van der Waals surface area (Å²) in [7, 11) is 0. The second-order valence-corrected chi connectivity index (χ2v) is 5.90. The van der Waals surface area contributed by atoms with Crippen molar-refractivity contribution in [3.05, 3.63) is 29.6 Å². The highest BCUT2D eigenvalue weighted by molar-refractivity contribution is 5.87. The Morgan fingerprint density at radius 2 is 2.12 bits per heavy atom. The number of fused-ring (bicyclic) bond motifs is 1. The molecule has 2 atom stereocenters. The molecule has 2 amide bonds. The summed E-state index contributed by atoms with van der Waals surface area (Å²) in [5, 5.41) is 5.29. The molecule has 1 aliphatic rings. The molecule has 0 saturated heterocycles. The molecule has 0 fully saturated rings. The molecule has 1 aromatic carbocycles. The van der Waals surface area contributed by atoms with Crippen molar-refractivity contribution in [2.45, 2.75) is 32.4 Å². The van der Waals surface area contributed by atoms with E-state index in [0.29, 0.717) is 18.6 Å². The quantitative estimate of drug-likeness (QED) is 0.738. The standard InChI is InChI=1S/C16H22FN3O3.ClH/c1-9(2)14(18)16(22)19-8-13(21)20-12-6-7-23-15-10(12)4-3-5-11(15)17;/h3-5,9,12,14H,6-8,18H2,1-2H3,(H,19,22)(H,20,21);1H/t12-,14+;/m1./s1. The van der Waals surface area contributed by atoms with Gasteiger partial charge in [0.2, 0.25) is 11.8 Å². The zero-order valence-electron chi connectivity index (χ0n) is 13.7. The van der Waals surface area contributed by atoms with Gasteiger partial charge in [0.25, 0.3) is 0 Å². The van der Waals surface area contributed by atoms with E-state index in [0.717, 1.165) is 0 Å². The topological polar surface area (TPSA) is 93.5 Å². The largest absolute Gasteiger partial charge is 0.490 e. The number of amides is 2. The monoisotopic (exact) mass is 359 g/mol. The van der Waals surface area contributed by atoms with Gasteiger partial charge in [-0.1, -0.05) is 26.0 Å². The fraction of sp³-hybridized carbons (Fsp3) is 0.500. The highest BCUT2D eigenvalue weighted by Gasteiger charge is 2.25. The van der Waals surface area contributed by atoms with E-state index >= 15 is 0 Å². The Morgan fingerprint density at radius 3 is 2.79 bits per heavy atom. The first-order chi connectivity index (χ1) is 10.9. The molecule has 0 radical (unpaired) electrons. The van der Waals surface area contributed by atoms with Crippen LogP contribution in [-0.4, -0.2) is 31.0 Å². The van der Waals surface area contributed by atoms with Gasteiger partial charge in [0.1, 0.15) is 0 Å². The van der Waals surface area contributed by atoms with E-state index in [1.165, 1.54) is 6.07 Å². The van der Waals surface area contributed by atoms with Crippen LogP contribution < -0.4 is 21.1 Å². The number of halogens is 2. The van der Waals surface area contributed by atoms with Crippen molar-refractivity contribution in [1.29, 1.82) is 0 Å². The fourth-order valence-electron chi connectivity index (χ4n) is 2.37. The lowest BCUT2D eigenvalue weighted by Gasteiger charge is -2.27. The van der Waals surface area contributed by atoms with Crippen molar-refractivity contribution in [1.82, 2.24) is 10.6 Å². The fourth-order valence-corrected chi connectivity index (χ4v) is 2.37. The lowest BCUT2D eigenvalue weighted by Crippen LogP contribution is -2.47. The van der Waals surface area contributed by atoms with Crippen molar-refractivity contribution in [2.24, 2.45) is 11.7 Å². The van der Waals surface area contributed by atoms with Crippen LogP contribution in [0.2, 0.25) is 0 Å². The van der Waals surface area contributed by atoms with Gasteiger partial charge in [0, 0.05) is 12.0 Å². The Hall–Kier alpha value is -1.86. The number of hydrogen-bond donors (Lipinski definition) is 3. The number of nitrogens with two attached hydrogens (primary N) is 1. The Kier molecular flexibility index (Phi) is 7.44. The predicted molar refractivity (Wildman–Crippen MR) is 90.5 cm³/mol. The minimum Gasteiger partial charge on any atom is -0.490 e. The van der Waals surface area contributed by atoms with E-state index < -0.39 is 11.9 Å². The molecule has 6 nitrogen and oxygen atoms in total. The van der Waals surface area contributed by atoms with Crippen molar-refractivity contribution >= 4 is 24.2 Å². The van der Waals surface area contributed by atoms with Crippen LogP contribution in [0.3, 0.4) is 0 Å². The summed E-state index contributed by atoms with van der Waals surface area (Å²) in [6.07, 6.45) is 0.543. The number of hydrogen-bond acceptors (Lipinski definition) is 4. The first-order valence-electron chi connectivity index (χ1n) is 7.64. The summed E-state index contributed by atoms with van der Waals surface area (Å²) >= 11 is 0. The summed E-state index contributed by atoms with van der Waals surface area (Å²) in [4.78, 5) is 23.7. The highest BCUT2D eigenvalue weighted by atomic mass is 35.5. The van der Waals surface area contributed by atoms with Crippen molar-refractivity contribution < 1.29 is 18.7 Å². The second-order valence-electron chi connectivity index (χ2n) is 5.90. The number of benzene rings is 1. The predicted octanol–water partition coefficient (Wildman–Crippen LogP) is 1.29. The zero-order chi connectivity index (χ0) is 17.0. The zero-order valence-corrected chi connectivity index (χ0v) is 14.5.